The number of carbonyl (C=O) groups excluding carboxylic acids is 2. The van der Waals surface area contributed by atoms with Gasteiger partial charge in [0.2, 0.25) is 11.8 Å². The molecule has 0 aromatic rings. The lowest BCUT2D eigenvalue weighted by Crippen LogP contribution is -2.49. The first-order valence-electron chi connectivity index (χ1n) is 6.30. The maximum absolute atomic E-state index is 12.0. The lowest BCUT2D eigenvalue weighted by molar-refractivity contribution is -0.137. The standard InChI is InChI=1S/C12H23N3O2/c1-3-10(13)6-11(16)15-7-9(12(14)17)5-4-8(15)2/h8-10H,3-7,13H2,1-2H3,(H2,14,17). The molecule has 1 saturated heterocycles. The summed E-state index contributed by atoms with van der Waals surface area (Å²) in [6, 6.07) is 0.0887. The highest BCUT2D eigenvalue weighted by Gasteiger charge is 2.31. The molecule has 5 nitrogen and oxygen atoms in total. The Balaban J connectivity index is 2.60. The molecule has 4 N–H and O–H groups in total. The Bertz CT molecular complexity index is 293. The summed E-state index contributed by atoms with van der Waals surface area (Å²) in [6.45, 7) is 4.42. The second-order valence-corrected chi connectivity index (χ2v) is 4.94. The van der Waals surface area contributed by atoms with Gasteiger partial charge in [-0.15, -0.1) is 0 Å². The van der Waals surface area contributed by atoms with Crippen molar-refractivity contribution in [1.82, 2.24) is 4.90 Å². The van der Waals surface area contributed by atoms with Crippen LogP contribution in [0.3, 0.4) is 0 Å². The van der Waals surface area contributed by atoms with Crippen molar-refractivity contribution < 1.29 is 9.59 Å². The fourth-order valence-corrected chi connectivity index (χ4v) is 2.17. The molecule has 17 heavy (non-hydrogen) atoms. The number of hydrogen-bond donors (Lipinski definition) is 2. The minimum Gasteiger partial charge on any atom is -0.369 e. The molecular formula is C12H23N3O2. The Hall–Kier alpha value is -1.10. The van der Waals surface area contributed by atoms with Gasteiger partial charge in [-0.05, 0) is 26.2 Å². The molecule has 2 amide bonds. The van der Waals surface area contributed by atoms with Crippen molar-refractivity contribution in [3.8, 4) is 0 Å². The Morgan fingerprint density at radius 1 is 1.41 bits per heavy atom. The second-order valence-electron chi connectivity index (χ2n) is 4.94. The summed E-state index contributed by atoms with van der Waals surface area (Å²) < 4.78 is 0. The predicted octanol–water partition coefficient (Wildman–Crippen LogP) is 0.226. The zero-order valence-corrected chi connectivity index (χ0v) is 10.7. The van der Waals surface area contributed by atoms with Gasteiger partial charge in [0.15, 0.2) is 0 Å². The van der Waals surface area contributed by atoms with Crippen LogP contribution >= 0.6 is 0 Å². The van der Waals surface area contributed by atoms with E-state index in [-0.39, 0.29) is 29.8 Å². The predicted molar refractivity (Wildman–Crippen MR) is 66.0 cm³/mol. The van der Waals surface area contributed by atoms with Crippen molar-refractivity contribution in [3.05, 3.63) is 0 Å². The van der Waals surface area contributed by atoms with Gasteiger partial charge in [0, 0.05) is 25.0 Å². The zero-order valence-electron chi connectivity index (χ0n) is 10.7. The van der Waals surface area contributed by atoms with Crippen LogP contribution in [0.5, 0.6) is 0 Å². The Kier molecular flexibility index (Phi) is 4.93. The highest BCUT2D eigenvalue weighted by Crippen LogP contribution is 2.22. The van der Waals surface area contributed by atoms with Gasteiger partial charge in [-0.1, -0.05) is 6.92 Å². The number of piperidine rings is 1. The Morgan fingerprint density at radius 3 is 2.59 bits per heavy atom. The lowest BCUT2D eigenvalue weighted by Gasteiger charge is -2.37. The van der Waals surface area contributed by atoms with E-state index >= 15 is 0 Å². The van der Waals surface area contributed by atoms with E-state index in [9.17, 15) is 9.59 Å². The van der Waals surface area contributed by atoms with E-state index in [1.165, 1.54) is 0 Å². The molecule has 0 spiro atoms. The average molecular weight is 241 g/mol. The van der Waals surface area contributed by atoms with Crippen LogP contribution in [0.1, 0.15) is 39.5 Å². The molecule has 0 aromatic heterocycles. The van der Waals surface area contributed by atoms with Gasteiger partial charge in [-0.25, -0.2) is 0 Å². The molecule has 5 heteroatoms. The maximum atomic E-state index is 12.0. The first kappa shape index (κ1) is 14.0. The highest BCUT2D eigenvalue weighted by atomic mass is 16.2. The largest absolute Gasteiger partial charge is 0.369 e. The van der Waals surface area contributed by atoms with E-state index < -0.39 is 0 Å². The number of carbonyl (C=O) groups is 2. The normalized spacial score (nSPS) is 26.6. The van der Waals surface area contributed by atoms with Gasteiger partial charge in [0.05, 0.1) is 5.92 Å². The minimum absolute atomic E-state index is 0.0396. The highest BCUT2D eigenvalue weighted by molar-refractivity contribution is 5.80. The fraction of sp³-hybridized carbons (Fsp3) is 0.833. The third-order valence-corrected chi connectivity index (χ3v) is 3.57. The maximum Gasteiger partial charge on any atom is 0.224 e. The number of amides is 2. The van der Waals surface area contributed by atoms with Crippen molar-refractivity contribution in [2.75, 3.05) is 6.54 Å². The molecule has 3 atom stereocenters. The molecule has 0 saturated carbocycles. The van der Waals surface area contributed by atoms with E-state index in [2.05, 4.69) is 0 Å². The summed E-state index contributed by atoms with van der Waals surface area (Å²) in [4.78, 5) is 25.0. The van der Waals surface area contributed by atoms with Crippen LogP contribution in [0, 0.1) is 5.92 Å². The molecular weight excluding hydrogens is 218 g/mol. The molecule has 0 radical (unpaired) electrons. The Morgan fingerprint density at radius 2 is 2.06 bits per heavy atom. The van der Waals surface area contributed by atoms with Crippen LogP contribution in [-0.2, 0) is 9.59 Å². The topological polar surface area (TPSA) is 89.4 Å². The van der Waals surface area contributed by atoms with Gasteiger partial charge >= 0.3 is 0 Å². The van der Waals surface area contributed by atoms with Crippen LogP contribution in [0.15, 0.2) is 0 Å². The molecule has 1 aliphatic heterocycles. The summed E-state index contributed by atoms with van der Waals surface area (Å²) in [7, 11) is 0. The fourth-order valence-electron chi connectivity index (χ4n) is 2.17. The van der Waals surface area contributed by atoms with Crippen molar-refractivity contribution in [3.63, 3.8) is 0 Å². The number of primary amides is 1. The van der Waals surface area contributed by atoms with Gasteiger partial charge in [-0.3, -0.25) is 9.59 Å². The van der Waals surface area contributed by atoms with Gasteiger partial charge < -0.3 is 16.4 Å². The van der Waals surface area contributed by atoms with Gasteiger partial charge in [-0.2, -0.15) is 0 Å². The quantitative estimate of drug-likeness (QED) is 0.738. The summed E-state index contributed by atoms with van der Waals surface area (Å²) in [5.74, 6) is -0.472. The average Bonchev–Trinajstić information content (AvgIpc) is 2.28. The summed E-state index contributed by atoms with van der Waals surface area (Å²) in [5.41, 5.74) is 11.1. The SMILES string of the molecule is CCC(N)CC(=O)N1CC(C(N)=O)CCC1C. The first-order valence-corrected chi connectivity index (χ1v) is 6.30. The van der Waals surface area contributed by atoms with E-state index in [4.69, 9.17) is 11.5 Å². The Labute approximate surface area is 103 Å². The lowest BCUT2D eigenvalue weighted by atomic mass is 9.92. The molecule has 1 aliphatic rings. The molecule has 98 valence electrons. The van der Waals surface area contributed by atoms with Crippen LogP contribution < -0.4 is 11.5 Å². The van der Waals surface area contributed by atoms with Gasteiger partial charge in [0.25, 0.3) is 0 Å². The third kappa shape index (κ3) is 3.70. The molecule has 0 aromatic carbocycles. The minimum atomic E-state index is -0.311. The number of hydrogen-bond acceptors (Lipinski definition) is 3. The number of nitrogens with zero attached hydrogens (tertiary/aromatic N) is 1. The van der Waals surface area contributed by atoms with Gasteiger partial charge in [0.1, 0.15) is 0 Å². The van der Waals surface area contributed by atoms with E-state index in [0.29, 0.717) is 13.0 Å². The second kappa shape index (κ2) is 6.00. The third-order valence-electron chi connectivity index (χ3n) is 3.57. The van der Waals surface area contributed by atoms with Crippen LogP contribution in [0.2, 0.25) is 0 Å². The van der Waals surface area contributed by atoms with Crippen molar-refractivity contribution in [2.24, 2.45) is 17.4 Å². The van der Waals surface area contributed by atoms with Crippen LogP contribution in [0.25, 0.3) is 0 Å². The molecule has 1 rings (SSSR count). The van der Waals surface area contributed by atoms with Crippen LogP contribution in [0.4, 0.5) is 0 Å². The zero-order chi connectivity index (χ0) is 13.0. The summed E-state index contributed by atoms with van der Waals surface area (Å²) >= 11 is 0. The van der Waals surface area contributed by atoms with E-state index in [1.807, 2.05) is 13.8 Å². The number of rotatable bonds is 4. The smallest absolute Gasteiger partial charge is 0.224 e. The van der Waals surface area contributed by atoms with Crippen molar-refractivity contribution in [1.29, 1.82) is 0 Å². The number of likely N-dealkylation sites (tertiary alicyclic amines) is 1. The van der Waals surface area contributed by atoms with E-state index in [0.717, 1.165) is 19.3 Å². The van der Waals surface area contributed by atoms with E-state index in [1.54, 1.807) is 4.90 Å². The monoisotopic (exact) mass is 241 g/mol. The van der Waals surface area contributed by atoms with Crippen molar-refractivity contribution in [2.45, 2.75) is 51.6 Å². The summed E-state index contributed by atoms with van der Waals surface area (Å²) in [6.07, 6.45) is 2.75. The molecule has 1 heterocycles. The van der Waals surface area contributed by atoms with Crippen LogP contribution in [-0.4, -0.2) is 35.3 Å². The first-order chi connectivity index (χ1) is 7.95. The molecule has 1 fully saturated rings. The molecule has 3 unspecified atom stereocenters. The molecule has 0 bridgehead atoms. The summed E-state index contributed by atoms with van der Waals surface area (Å²) in [5, 5.41) is 0. The number of nitrogens with two attached hydrogens (primary N) is 2. The van der Waals surface area contributed by atoms with Crippen molar-refractivity contribution >= 4 is 11.8 Å². The molecule has 0 aliphatic carbocycles.